The van der Waals surface area contributed by atoms with E-state index < -0.39 is 0 Å². The maximum Gasteiger partial charge on any atom is 0.0695 e. The molecule has 0 spiro atoms. The van der Waals surface area contributed by atoms with Crippen LogP contribution in [0.1, 0.15) is 51.9 Å². The van der Waals surface area contributed by atoms with E-state index in [1.54, 1.807) is 0 Å². The molecule has 3 rings (SSSR count). The van der Waals surface area contributed by atoms with Gasteiger partial charge in [0.05, 0.1) is 6.10 Å². The molecule has 3 aliphatic carbocycles. The topological polar surface area (TPSA) is 23.5 Å². The van der Waals surface area contributed by atoms with Gasteiger partial charge < -0.3 is 5.11 Å². The summed E-state index contributed by atoms with van der Waals surface area (Å²) in [5.74, 6) is 2.72. The number of aliphatic hydroxyl groups excluding tert-OH is 1. The van der Waals surface area contributed by atoms with Crippen molar-refractivity contribution in [1.82, 2.24) is 4.90 Å². The predicted octanol–water partition coefficient (Wildman–Crippen LogP) is 2.66. The van der Waals surface area contributed by atoms with Gasteiger partial charge in [-0.05, 0) is 62.7 Å². The fourth-order valence-corrected chi connectivity index (χ4v) is 3.34. The highest BCUT2D eigenvalue weighted by Crippen LogP contribution is 2.37. The number of hydrogen-bond acceptors (Lipinski definition) is 2. The van der Waals surface area contributed by atoms with E-state index in [1.165, 1.54) is 51.6 Å². The smallest absolute Gasteiger partial charge is 0.0695 e. The number of rotatable bonds is 5. The van der Waals surface area contributed by atoms with E-state index in [-0.39, 0.29) is 6.10 Å². The van der Waals surface area contributed by atoms with Gasteiger partial charge in [-0.2, -0.15) is 0 Å². The summed E-state index contributed by atoms with van der Waals surface area (Å²) >= 11 is 0. The molecule has 0 saturated heterocycles. The molecule has 0 aromatic heterocycles. The summed E-state index contributed by atoms with van der Waals surface area (Å²) in [5.41, 5.74) is 0. The maximum atomic E-state index is 10.3. The third-order valence-corrected chi connectivity index (χ3v) is 4.89. The molecule has 3 atom stereocenters. The summed E-state index contributed by atoms with van der Waals surface area (Å²) in [7, 11) is 0. The van der Waals surface area contributed by atoms with Gasteiger partial charge in [0.25, 0.3) is 0 Å². The van der Waals surface area contributed by atoms with Gasteiger partial charge in [0.2, 0.25) is 0 Å². The third kappa shape index (κ3) is 3.23. The van der Waals surface area contributed by atoms with Crippen molar-refractivity contribution in [2.45, 2.75) is 64.0 Å². The zero-order chi connectivity index (χ0) is 11.8. The molecule has 98 valence electrons. The fourth-order valence-electron chi connectivity index (χ4n) is 3.34. The molecular weight excluding hydrogens is 210 g/mol. The van der Waals surface area contributed by atoms with Gasteiger partial charge in [0.1, 0.15) is 0 Å². The third-order valence-electron chi connectivity index (χ3n) is 4.89. The van der Waals surface area contributed by atoms with Gasteiger partial charge in [0.15, 0.2) is 0 Å². The first-order valence-electron chi connectivity index (χ1n) is 7.64. The largest absolute Gasteiger partial charge is 0.391 e. The predicted molar refractivity (Wildman–Crippen MR) is 69.8 cm³/mol. The Morgan fingerprint density at radius 3 is 2.06 bits per heavy atom. The Morgan fingerprint density at radius 1 is 0.941 bits per heavy atom. The van der Waals surface area contributed by atoms with E-state index in [4.69, 9.17) is 0 Å². The lowest BCUT2D eigenvalue weighted by Gasteiger charge is -2.40. The van der Waals surface area contributed by atoms with E-state index >= 15 is 0 Å². The Labute approximate surface area is 105 Å². The lowest BCUT2D eigenvalue weighted by molar-refractivity contribution is 0.00151. The Balaban J connectivity index is 1.61. The SMILES string of the molecule is CC1CCC(O)C(N(CC2CC2)CC2CC2)C1. The Bertz CT molecular complexity index is 246. The van der Waals surface area contributed by atoms with Crippen molar-refractivity contribution in [3.63, 3.8) is 0 Å². The minimum absolute atomic E-state index is 0.0521. The number of hydrogen-bond donors (Lipinski definition) is 1. The fraction of sp³-hybridized carbons (Fsp3) is 1.00. The first-order chi connectivity index (χ1) is 8.22. The van der Waals surface area contributed by atoms with Crippen LogP contribution in [0.4, 0.5) is 0 Å². The average Bonchev–Trinajstić information content (AvgIpc) is 3.15. The van der Waals surface area contributed by atoms with Crippen molar-refractivity contribution in [2.24, 2.45) is 17.8 Å². The van der Waals surface area contributed by atoms with Crippen molar-refractivity contribution < 1.29 is 5.11 Å². The quantitative estimate of drug-likeness (QED) is 0.794. The van der Waals surface area contributed by atoms with Crippen LogP contribution < -0.4 is 0 Å². The lowest BCUT2D eigenvalue weighted by Crippen LogP contribution is -2.48. The van der Waals surface area contributed by atoms with Crippen LogP contribution in [0.5, 0.6) is 0 Å². The minimum atomic E-state index is -0.0521. The van der Waals surface area contributed by atoms with Crippen molar-refractivity contribution >= 4 is 0 Å². The summed E-state index contributed by atoms with van der Waals surface area (Å²) in [6.07, 6.45) is 9.14. The molecule has 0 amide bonds. The highest BCUT2D eigenvalue weighted by atomic mass is 16.3. The highest BCUT2D eigenvalue weighted by molar-refractivity contribution is 4.91. The zero-order valence-corrected chi connectivity index (χ0v) is 11.1. The van der Waals surface area contributed by atoms with E-state index in [1.807, 2.05) is 0 Å². The van der Waals surface area contributed by atoms with Crippen LogP contribution in [0.25, 0.3) is 0 Å². The molecule has 0 heterocycles. The first-order valence-corrected chi connectivity index (χ1v) is 7.64. The second-order valence-corrected chi connectivity index (χ2v) is 6.89. The maximum absolute atomic E-state index is 10.3. The first kappa shape index (κ1) is 12.0. The van der Waals surface area contributed by atoms with Crippen LogP contribution in [-0.2, 0) is 0 Å². The Morgan fingerprint density at radius 2 is 1.53 bits per heavy atom. The van der Waals surface area contributed by atoms with Crippen molar-refractivity contribution in [3.8, 4) is 0 Å². The minimum Gasteiger partial charge on any atom is -0.391 e. The van der Waals surface area contributed by atoms with Crippen LogP contribution in [0.2, 0.25) is 0 Å². The van der Waals surface area contributed by atoms with Crippen LogP contribution in [0, 0.1) is 17.8 Å². The molecule has 3 unspecified atom stereocenters. The van der Waals surface area contributed by atoms with Crippen molar-refractivity contribution in [2.75, 3.05) is 13.1 Å². The summed E-state index contributed by atoms with van der Waals surface area (Å²) in [6.45, 7) is 4.89. The van der Waals surface area contributed by atoms with Gasteiger partial charge in [-0.15, -0.1) is 0 Å². The van der Waals surface area contributed by atoms with Gasteiger partial charge in [-0.1, -0.05) is 6.92 Å². The molecule has 1 N–H and O–H groups in total. The van der Waals surface area contributed by atoms with Gasteiger partial charge >= 0.3 is 0 Å². The Kier molecular flexibility index (Phi) is 3.45. The molecule has 0 aliphatic heterocycles. The molecule has 0 aromatic rings. The van der Waals surface area contributed by atoms with Crippen LogP contribution in [0.3, 0.4) is 0 Å². The lowest BCUT2D eigenvalue weighted by atomic mass is 9.84. The summed E-state index contributed by atoms with van der Waals surface area (Å²) < 4.78 is 0. The normalized spacial score (nSPS) is 38.6. The molecule has 0 bridgehead atoms. The van der Waals surface area contributed by atoms with E-state index in [0.717, 1.165) is 24.2 Å². The summed E-state index contributed by atoms with van der Waals surface area (Å²) in [4.78, 5) is 2.66. The number of nitrogens with zero attached hydrogens (tertiary/aromatic N) is 1. The van der Waals surface area contributed by atoms with E-state index in [2.05, 4.69) is 11.8 Å². The van der Waals surface area contributed by atoms with Gasteiger partial charge in [-0.25, -0.2) is 0 Å². The molecular formula is C15H27NO. The van der Waals surface area contributed by atoms with Gasteiger partial charge in [-0.3, -0.25) is 4.90 Å². The molecule has 2 heteroatoms. The standard InChI is InChI=1S/C15H27NO/c1-11-2-7-15(17)14(8-11)16(9-12-3-4-12)10-13-5-6-13/h11-15,17H,2-10H2,1H3. The summed E-state index contributed by atoms with van der Waals surface area (Å²) in [5, 5.41) is 10.3. The average molecular weight is 237 g/mol. The second kappa shape index (κ2) is 4.89. The van der Waals surface area contributed by atoms with Gasteiger partial charge in [0, 0.05) is 19.1 Å². The molecule has 0 radical (unpaired) electrons. The zero-order valence-electron chi connectivity index (χ0n) is 11.1. The van der Waals surface area contributed by atoms with Crippen LogP contribution in [0.15, 0.2) is 0 Å². The molecule has 3 fully saturated rings. The van der Waals surface area contributed by atoms with Crippen molar-refractivity contribution in [3.05, 3.63) is 0 Å². The van der Waals surface area contributed by atoms with E-state index in [9.17, 15) is 5.11 Å². The van der Waals surface area contributed by atoms with Crippen molar-refractivity contribution in [1.29, 1.82) is 0 Å². The van der Waals surface area contributed by atoms with Crippen LogP contribution in [-0.4, -0.2) is 35.2 Å². The van der Waals surface area contributed by atoms with E-state index in [0.29, 0.717) is 6.04 Å². The Hall–Kier alpha value is -0.0800. The molecule has 0 aromatic carbocycles. The molecule has 3 aliphatic rings. The molecule has 2 nitrogen and oxygen atoms in total. The molecule has 17 heavy (non-hydrogen) atoms. The highest BCUT2D eigenvalue weighted by Gasteiger charge is 2.37. The molecule has 3 saturated carbocycles. The monoisotopic (exact) mass is 237 g/mol. The second-order valence-electron chi connectivity index (χ2n) is 6.89. The number of aliphatic hydroxyl groups is 1. The van der Waals surface area contributed by atoms with Crippen LogP contribution >= 0.6 is 0 Å². The summed E-state index contributed by atoms with van der Waals surface area (Å²) in [6, 6.07) is 0.472.